The highest BCUT2D eigenvalue weighted by atomic mass is 16.2. The molecule has 1 radical (unpaired) electrons. The van der Waals surface area contributed by atoms with Gasteiger partial charge < -0.3 is 10.6 Å². The molecule has 0 spiro atoms. The summed E-state index contributed by atoms with van der Waals surface area (Å²) in [5.74, 6) is -0.0485. The lowest BCUT2D eigenvalue weighted by molar-refractivity contribution is -0.126. The zero-order valence-electron chi connectivity index (χ0n) is 7.80. The molecular weight excluding hydrogens is 168 g/mol. The number of nitrogens with one attached hydrogen (secondary N) is 2. The van der Waals surface area contributed by atoms with Crippen LogP contribution in [0, 0.1) is 5.92 Å². The second-order valence-corrected chi connectivity index (χ2v) is 3.36. The van der Waals surface area contributed by atoms with Gasteiger partial charge in [0.1, 0.15) is 0 Å². The van der Waals surface area contributed by atoms with Crippen molar-refractivity contribution in [1.82, 2.24) is 10.6 Å². The van der Waals surface area contributed by atoms with Crippen LogP contribution in [0.3, 0.4) is 0 Å². The number of amides is 2. The molecule has 2 atom stereocenters. The number of hydrogen-bond donors (Lipinski definition) is 2. The summed E-state index contributed by atoms with van der Waals surface area (Å²) in [5.41, 5.74) is 0. The first-order valence-electron chi connectivity index (χ1n) is 4.64. The Morgan fingerprint density at radius 2 is 2.08 bits per heavy atom. The fourth-order valence-electron chi connectivity index (χ4n) is 1.88. The highest BCUT2D eigenvalue weighted by Crippen LogP contribution is 2.24. The van der Waals surface area contributed by atoms with Gasteiger partial charge in [0.05, 0.1) is 5.92 Å². The Bertz CT molecular complexity index is 194. The van der Waals surface area contributed by atoms with Crippen molar-refractivity contribution < 1.29 is 9.59 Å². The summed E-state index contributed by atoms with van der Waals surface area (Å²) >= 11 is 0. The Hall–Kier alpha value is -1.06. The van der Waals surface area contributed by atoms with Gasteiger partial charge >= 0.3 is 6.41 Å². The largest absolute Gasteiger partial charge is 0.359 e. The normalized spacial score (nSPS) is 27.8. The molecule has 4 heteroatoms. The quantitative estimate of drug-likeness (QED) is 0.603. The summed E-state index contributed by atoms with van der Waals surface area (Å²) < 4.78 is 0. The molecule has 0 aliphatic heterocycles. The standard InChI is InChI=1S/C9H15N2O2/c1-10-9(13)7-4-2-3-5-8(7)11-6-12/h7-8H,2-5H2,1H3,(H,10,13)(H,11,12). The van der Waals surface area contributed by atoms with E-state index in [1.54, 1.807) is 13.5 Å². The van der Waals surface area contributed by atoms with Crippen LogP contribution < -0.4 is 10.6 Å². The van der Waals surface area contributed by atoms with E-state index in [-0.39, 0.29) is 17.9 Å². The van der Waals surface area contributed by atoms with Gasteiger partial charge in [0.15, 0.2) is 0 Å². The first-order valence-corrected chi connectivity index (χ1v) is 4.64. The molecule has 13 heavy (non-hydrogen) atoms. The zero-order valence-corrected chi connectivity index (χ0v) is 7.80. The van der Waals surface area contributed by atoms with Gasteiger partial charge in [0.2, 0.25) is 5.91 Å². The molecule has 0 aromatic carbocycles. The Labute approximate surface area is 78.1 Å². The van der Waals surface area contributed by atoms with Gasteiger partial charge in [0.25, 0.3) is 0 Å². The number of carbonyl (C=O) groups is 1. The van der Waals surface area contributed by atoms with Crippen LogP contribution in [0.1, 0.15) is 25.7 Å². The summed E-state index contributed by atoms with van der Waals surface area (Å²) in [6.07, 6.45) is 5.55. The van der Waals surface area contributed by atoms with Crippen molar-refractivity contribution in [2.45, 2.75) is 31.7 Å². The summed E-state index contributed by atoms with van der Waals surface area (Å²) in [6.45, 7) is 0. The van der Waals surface area contributed by atoms with E-state index in [2.05, 4.69) is 10.6 Å². The molecule has 0 bridgehead atoms. The van der Waals surface area contributed by atoms with Crippen molar-refractivity contribution in [2.24, 2.45) is 5.92 Å². The fraction of sp³-hybridized carbons (Fsp3) is 0.778. The molecule has 1 aliphatic carbocycles. The van der Waals surface area contributed by atoms with E-state index in [1.807, 2.05) is 0 Å². The highest BCUT2D eigenvalue weighted by molar-refractivity contribution is 5.79. The van der Waals surface area contributed by atoms with Gasteiger partial charge in [-0.3, -0.25) is 9.59 Å². The lowest BCUT2D eigenvalue weighted by Gasteiger charge is -2.29. The SMILES string of the molecule is CNC(=O)C1CCCCC1N[C]=O. The molecule has 0 heterocycles. The maximum Gasteiger partial charge on any atom is 0.309 e. The lowest BCUT2D eigenvalue weighted by Crippen LogP contribution is -2.45. The van der Waals surface area contributed by atoms with Crippen LogP contribution in [0.4, 0.5) is 0 Å². The van der Waals surface area contributed by atoms with Gasteiger partial charge in [-0.05, 0) is 12.8 Å². The summed E-state index contributed by atoms with van der Waals surface area (Å²) in [5, 5.41) is 5.20. The second-order valence-electron chi connectivity index (χ2n) is 3.36. The van der Waals surface area contributed by atoms with Gasteiger partial charge in [-0.2, -0.15) is 0 Å². The second kappa shape index (κ2) is 4.84. The molecule has 4 nitrogen and oxygen atoms in total. The Kier molecular flexibility index (Phi) is 3.73. The molecule has 0 saturated heterocycles. The van der Waals surface area contributed by atoms with Crippen molar-refractivity contribution >= 4 is 12.3 Å². The Balaban J connectivity index is 2.55. The molecule has 1 aliphatic rings. The Morgan fingerprint density at radius 3 is 2.69 bits per heavy atom. The molecule has 2 N–H and O–H groups in total. The predicted octanol–water partition coefficient (Wildman–Crippen LogP) is -0.0520. The van der Waals surface area contributed by atoms with E-state index in [0.717, 1.165) is 25.7 Å². The summed E-state index contributed by atoms with van der Waals surface area (Å²) in [7, 11) is 1.62. The molecule has 0 aromatic heterocycles. The average Bonchev–Trinajstić information content (AvgIpc) is 2.18. The minimum Gasteiger partial charge on any atom is -0.359 e. The van der Waals surface area contributed by atoms with Crippen molar-refractivity contribution in [1.29, 1.82) is 0 Å². The van der Waals surface area contributed by atoms with Crippen molar-refractivity contribution in [3.05, 3.63) is 0 Å². The van der Waals surface area contributed by atoms with Crippen LogP contribution in [0.15, 0.2) is 0 Å². The zero-order chi connectivity index (χ0) is 9.68. The third kappa shape index (κ3) is 2.44. The minimum atomic E-state index is -0.0693. The maximum absolute atomic E-state index is 11.4. The average molecular weight is 183 g/mol. The molecule has 73 valence electrons. The van der Waals surface area contributed by atoms with E-state index in [0.29, 0.717) is 0 Å². The molecule has 1 rings (SSSR count). The van der Waals surface area contributed by atoms with Gasteiger partial charge in [-0.1, -0.05) is 12.8 Å². The first kappa shape index (κ1) is 10.0. The van der Waals surface area contributed by atoms with Gasteiger partial charge in [-0.25, -0.2) is 0 Å². The third-order valence-corrected chi connectivity index (χ3v) is 2.59. The topological polar surface area (TPSA) is 58.2 Å². The van der Waals surface area contributed by atoms with Crippen molar-refractivity contribution in [3.63, 3.8) is 0 Å². The smallest absolute Gasteiger partial charge is 0.309 e. The molecule has 0 aromatic rings. The van der Waals surface area contributed by atoms with E-state index in [1.165, 1.54) is 0 Å². The lowest BCUT2D eigenvalue weighted by atomic mass is 9.84. The first-order chi connectivity index (χ1) is 6.29. The van der Waals surface area contributed by atoms with Crippen LogP contribution >= 0.6 is 0 Å². The van der Waals surface area contributed by atoms with E-state index >= 15 is 0 Å². The van der Waals surface area contributed by atoms with Crippen LogP contribution in [-0.2, 0) is 9.59 Å². The third-order valence-electron chi connectivity index (χ3n) is 2.59. The van der Waals surface area contributed by atoms with Crippen LogP contribution in [0.25, 0.3) is 0 Å². The summed E-state index contributed by atoms with van der Waals surface area (Å²) in [4.78, 5) is 21.5. The van der Waals surface area contributed by atoms with Crippen molar-refractivity contribution in [2.75, 3.05) is 7.05 Å². The molecular formula is C9H15N2O2. The van der Waals surface area contributed by atoms with Gasteiger partial charge in [0, 0.05) is 13.1 Å². The molecule has 1 fully saturated rings. The van der Waals surface area contributed by atoms with Crippen LogP contribution in [0.2, 0.25) is 0 Å². The Morgan fingerprint density at radius 1 is 1.38 bits per heavy atom. The summed E-state index contributed by atoms with van der Waals surface area (Å²) in [6, 6.07) is -0.0220. The monoisotopic (exact) mass is 183 g/mol. The molecule has 2 amide bonds. The number of rotatable bonds is 3. The predicted molar refractivity (Wildman–Crippen MR) is 48.6 cm³/mol. The van der Waals surface area contributed by atoms with Crippen LogP contribution in [0.5, 0.6) is 0 Å². The van der Waals surface area contributed by atoms with E-state index < -0.39 is 0 Å². The minimum absolute atomic E-state index is 0.0208. The van der Waals surface area contributed by atoms with E-state index in [4.69, 9.17) is 0 Å². The fourth-order valence-corrected chi connectivity index (χ4v) is 1.88. The maximum atomic E-state index is 11.4. The molecule has 2 unspecified atom stereocenters. The van der Waals surface area contributed by atoms with Crippen molar-refractivity contribution in [3.8, 4) is 0 Å². The number of hydrogen-bond acceptors (Lipinski definition) is 2. The highest BCUT2D eigenvalue weighted by Gasteiger charge is 2.29. The van der Waals surface area contributed by atoms with Crippen LogP contribution in [-0.4, -0.2) is 25.4 Å². The number of carbonyl (C=O) groups excluding carboxylic acids is 2. The van der Waals surface area contributed by atoms with E-state index in [9.17, 15) is 9.59 Å². The molecule has 1 saturated carbocycles. The van der Waals surface area contributed by atoms with Gasteiger partial charge in [-0.15, -0.1) is 0 Å².